The minimum atomic E-state index is -4.25. The lowest BCUT2D eigenvalue weighted by molar-refractivity contribution is -0.138. The third-order valence-corrected chi connectivity index (χ3v) is 5.93. The molecule has 3 rings (SSSR count). The molecular formula is C27H24F9I. The first-order chi connectivity index (χ1) is 17.0. The fourth-order valence-electron chi connectivity index (χ4n) is 2.75. The Bertz CT molecular complexity index is 1110. The average molecular weight is 646 g/mol. The van der Waals surface area contributed by atoms with Gasteiger partial charge in [-0.2, -0.15) is 39.5 Å². The van der Waals surface area contributed by atoms with Crippen molar-refractivity contribution in [3.8, 4) is 0 Å². The molecule has 202 valence electrons. The molecular weight excluding hydrogens is 622 g/mol. The summed E-state index contributed by atoms with van der Waals surface area (Å²) in [6.07, 6.45) is -9.67. The van der Waals surface area contributed by atoms with Gasteiger partial charge >= 0.3 is 18.5 Å². The lowest BCUT2D eigenvalue weighted by atomic mass is 10.1. The van der Waals surface area contributed by atoms with Gasteiger partial charge in [0.2, 0.25) is 0 Å². The summed E-state index contributed by atoms with van der Waals surface area (Å²) >= 11 is 1.93. The Hall–Kier alpha value is -2.50. The summed E-state index contributed by atoms with van der Waals surface area (Å²) in [5.74, 6) is 0. The van der Waals surface area contributed by atoms with Gasteiger partial charge in [0, 0.05) is 3.57 Å². The number of halogens is 10. The number of hydrogen-bond acceptors (Lipinski definition) is 0. The van der Waals surface area contributed by atoms with Gasteiger partial charge in [0.25, 0.3) is 0 Å². The molecule has 0 N–H and O–H groups in total. The van der Waals surface area contributed by atoms with Gasteiger partial charge in [-0.3, -0.25) is 0 Å². The zero-order chi connectivity index (χ0) is 28.4. The van der Waals surface area contributed by atoms with Crippen LogP contribution in [-0.4, -0.2) is 0 Å². The predicted octanol–water partition coefficient (Wildman–Crippen LogP) is 10.5. The van der Waals surface area contributed by atoms with Gasteiger partial charge in [-0.05, 0) is 88.5 Å². The van der Waals surface area contributed by atoms with E-state index in [4.69, 9.17) is 0 Å². The lowest BCUT2D eigenvalue weighted by Crippen LogP contribution is -2.05. The fraction of sp³-hybridized carbons (Fsp3) is 0.259. The molecule has 3 aromatic carbocycles. The van der Waals surface area contributed by atoms with E-state index in [9.17, 15) is 39.5 Å². The summed E-state index contributed by atoms with van der Waals surface area (Å²) < 4.78 is 109. The second-order valence-corrected chi connectivity index (χ2v) is 8.69. The van der Waals surface area contributed by atoms with E-state index in [-0.39, 0.29) is 0 Å². The maximum Gasteiger partial charge on any atom is 0.416 e. The summed E-state index contributed by atoms with van der Waals surface area (Å²) in [5, 5.41) is 0. The Morgan fingerprint density at radius 3 is 1.35 bits per heavy atom. The lowest BCUT2D eigenvalue weighted by Gasteiger charge is -2.08. The maximum atomic E-state index is 12.2. The summed E-state index contributed by atoms with van der Waals surface area (Å²) in [6, 6.07) is 13.9. The second kappa shape index (κ2) is 13.9. The quantitative estimate of drug-likeness (QED) is 0.196. The van der Waals surface area contributed by atoms with Crippen LogP contribution in [0, 0.1) is 3.57 Å². The van der Waals surface area contributed by atoms with Gasteiger partial charge in [0.1, 0.15) is 0 Å². The minimum Gasteiger partial charge on any atom is -0.166 e. The van der Waals surface area contributed by atoms with Crippen molar-refractivity contribution in [3.63, 3.8) is 0 Å². The van der Waals surface area contributed by atoms with Gasteiger partial charge in [0.05, 0.1) is 16.7 Å². The number of alkyl halides is 9. The van der Waals surface area contributed by atoms with Crippen molar-refractivity contribution in [2.75, 3.05) is 0 Å². The van der Waals surface area contributed by atoms with Crippen LogP contribution in [0.5, 0.6) is 0 Å². The average Bonchev–Trinajstić information content (AvgIpc) is 2.83. The maximum absolute atomic E-state index is 12.2. The van der Waals surface area contributed by atoms with Gasteiger partial charge in [-0.15, -0.1) is 0 Å². The van der Waals surface area contributed by atoms with Crippen molar-refractivity contribution in [1.82, 2.24) is 0 Å². The first-order valence-electron chi connectivity index (χ1n) is 10.8. The molecule has 0 saturated carbocycles. The van der Waals surface area contributed by atoms with E-state index in [0.717, 1.165) is 54.3 Å². The first kappa shape index (κ1) is 32.5. The summed E-state index contributed by atoms with van der Waals surface area (Å²) in [7, 11) is 0. The van der Waals surface area contributed by atoms with Gasteiger partial charge in [-0.1, -0.05) is 56.8 Å². The standard InChI is InChI=1S/C9H8F3I.C9H9F3.C9H7F3/c1-2-6-3-4-7(5-8(6)13)9(10,11)12;2*1-2-7-3-5-8(6-4-7)9(10,11)12/h3-5H,2H2,1H3;3-6H,2H2,1H3;2-6H,1H2. The van der Waals surface area contributed by atoms with Gasteiger partial charge in [-0.25, -0.2) is 0 Å². The van der Waals surface area contributed by atoms with Crippen LogP contribution in [0.4, 0.5) is 39.5 Å². The van der Waals surface area contributed by atoms with Crippen LogP contribution in [0.1, 0.15) is 47.2 Å². The topological polar surface area (TPSA) is 0 Å². The van der Waals surface area contributed by atoms with Crippen LogP contribution in [0.15, 0.2) is 73.3 Å². The van der Waals surface area contributed by atoms with E-state index >= 15 is 0 Å². The van der Waals surface area contributed by atoms with Crippen molar-refractivity contribution in [2.24, 2.45) is 0 Å². The fourth-order valence-corrected chi connectivity index (χ4v) is 3.64. The van der Waals surface area contributed by atoms with E-state index < -0.39 is 35.2 Å². The molecule has 37 heavy (non-hydrogen) atoms. The van der Waals surface area contributed by atoms with Crippen molar-refractivity contribution < 1.29 is 39.5 Å². The normalized spacial score (nSPS) is 11.6. The molecule has 0 spiro atoms. The number of benzene rings is 3. The molecule has 0 amide bonds. The molecule has 0 radical (unpaired) electrons. The third kappa shape index (κ3) is 11.2. The molecule has 0 bridgehead atoms. The molecule has 10 heteroatoms. The van der Waals surface area contributed by atoms with E-state index in [1.807, 2.05) is 36.4 Å². The van der Waals surface area contributed by atoms with Crippen LogP contribution >= 0.6 is 22.6 Å². The molecule has 0 aliphatic rings. The highest BCUT2D eigenvalue weighted by atomic mass is 127. The second-order valence-electron chi connectivity index (χ2n) is 7.53. The Kier molecular flexibility index (Phi) is 12.2. The molecule has 0 aliphatic heterocycles. The molecule has 0 nitrogen and oxygen atoms in total. The zero-order valence-corrected chi connectivity index (χ0v) is 22.0. The number of rotatable bonds is 3. The van der Waals surface area contributed by atoms with Crippen molar-refractivity contribution in [1.29, 1.82) is 0 Å². The highest BCUT2D eigenvalue weighted by Gasteiger charge is 2.31. The molecule has 0 fully saturated rings. The van der Waals surface area contributed by atoms with E-state index in [1.54, 1.807) is 0 Å². The monoisotopic (exact) mass is 646 g/mol. The number of aryl methyl sites for hydroxylation is 2. The molecule has 0 atom stereocenters. The minimum absolute atomic E-state index is 0.575. The first-order valence-corrected chi connectivity index (χ1v) is 11.9. The molecule has 0 aromatic heterocycles. The summed E-state index contributed by atoms with van der Waals surface area (Å²) in [5.41, 5.74) is 0.765. The Morgan fingerprint density at radius 1 is 0.622 bits per heavy atom. The third-order valence-electron chi connectivity index (χ3n) is 4.92. The molecule has 0 unspecified atom stereocenters. The zero-order valence-electron chi connectivity index (χ0n) is 19.8. The predicted molar refractivity (Wildman–Crippen MR) is 136 cm³/mol. The molecule has 0 aliphatic carbocycles. The SMILES string of the molecule is C=Cc1ccc(C(F)(F)F)cc1.CCc1ccc(C(F)(F)F)cc1.CCc1ccc(C(F)(F)F)cc1I. The largest absolute Gasteiger partial charge is 0.416 e. The summed E-state index contributed by atoms with van der Waals surface area (Å²) in [6.45, 7) is 7.27. The Morgan fingerprint density at radius 2 is 1.03 bits per heavy atom. The Labute approximate surface area is 223 Å². The van der Waals surface area contributed by atoms with Gasteiger partial charge < -0.3 is 0 Å². The number of hydrogen-bond donors (Lipinski definition) is 0. The smallest absolute Gasteiger partial charge is 0.166 e. The van der Waals surface area contributed by atoms with Crippen molar-refractivity contribution in [2.45, 2.75) is 45.2 Å². The van der Waals surface area contributed by atoms with Crippen LogP contribution < -0.4 is 0 Å². The summed E-state index contributed by atoms with van der Waals surface area (Å²) in [4.78, 5) is 0. The highest BCUT2D eigenvalue weighted by Crippen LogP contribution is 2.31. The van der Waals surface area contributed by atoms with Crippen molar-refractivity contribution >= 4 is 28.7 Å². The molecule has 0 saturated heterocycles. The van der Waals surface area contributed by atoms with E-state index in [0.29, 0.717) is 9.13 Å². The van der Waals surface area contributed by atoms with Crippen LogP contribution in [0.25, 0.3) is 6.08 Å². The van der Waals surface area contributed by atoms with Crippen molar-refractivity contribution in [3.05, 3.63) is 110 Å². The molecule has 3 aromatic rings. The Balaban J connectivity index is 0.000000278. The van der Waals surface area contributed by atoms with Gasteiger partial charge in [0.15, 0.2) is 0 Å². The van der Waals surface area contributed by atoms with Crippen LogP contribution in [0.3, 0.4) is 0 Å². The van der Waals surface area contributed by atoms with Crippen LogP contribution in [0.2, 0.25) is 0 Å². The highest BCUT2D eigenvalue weighted by molar-refractivity contribution is 14.1. The van der Waals surface area contributed by atoms with E-state index in [2.05, 4.69) is 6.58 Å². The van der Waals surface area contributed by atoms with E-state index in [1.165, 1.54) is 42.5 Å². The van der Waals surface area contributed by atoms with Crippen LogP contribution in [-0.2, 0) is 31.4 Å². The molecule has 0 heterocycles.